The second-order valence-corrected chi connectivity index (χ2v) is 5.18. The number of benzene rings is 2. The van der Waals surface area contributed by atoms with E-state index in [0.717, 1.165) is 5.52 Å². The Kier molecular flexibility index (Phi) is 3.85. The van der Waals surface area contributed by atoms with Crippen LogP contribution in [0.25, 0.3) is 10.9 Å². The molecule has 1 heterocycles. The van der Waals surface area contributed by atoms with E-state index in [-0.39, 0.29) is 11.0 Å². The zero-order valence-corrected chi connectivity index (χ0v) is 12.9. The largest absolute Gasteiger partial charge is 0.497 e. The van der Waals surface area contributed by atoms with Crippen LogP contribution in [0.5, 0.6) is 5.75 Å². The molecule has 2 aromatic carbocycles. The number of anilines is 1. The van der Waals surface area contributed by atoms with Crippen LogP contribution in [0.4, 0.5) is 5.69 Å². The number of rotatable bonds is 3. The SMILES string of the molecule is COc1ccc(NC(=O)c2cn(C)c3ccccc3c2=O)cc1. The van der Waals surface area contributed by atoms with Crippen LogP contribution in [0, 0.1) is 0 Å². The van der Waals surface area contributed by atoms with E-state index in [1.807, 2.05) is 19.2 Å². The number of pyridine rings is 1. The fraction of sp³-hybridized carbons (Fsp3) is 0.111. The second-order valence-electron chi connectivity index (χ2n) is 5.18. The van der Waals surface area contributed by atoms with Gasteiger partial charge < -0.3 is 14.6 Å². The van der Waals surface area contributed by atoms with Crippen molar-refractivity contribution in [2.45, 2.75) is 0 Å². The minimum atomic E-state index is -0.429. The molecule has 3 rings (SSSR count). The number of carbonyl (C=O) groups is 1. The predicted molar refractivity (Wildman–Crippen MR) is 90.1 cm³/mol. The van der Waals surface area contributed by atoms with E-state index in [1.165, 1.54) is 0 Å². The maximum Gasteiger partial charge on any atom is 0.261 e. The van der Waals surface area contributed by atoms with Crippen molar-refractivity contribution in [1.82, 2.24) is 4.57 Å². The third-order valence-electron chi connectivity index (χ3n) is 3.69. The average Bonchev–Trinajstić information content (AvgIpc) is 2.58. The molecule has 0 aliphatic heterocycles. The highest BCUT2D eigenvalue weighted by Crippen LogP contribution is 2.16. The molecular formula is C18H16N2O3. The summed E-state index contributed by atoms with van der Waals surface area (Å²) < 4.78 is 6.85. The lowest BCUT2D eigenvalue weighted by atomic mass is 10.1. The standard InChI is InChI=1S/C18H16N2O3/c1-20-11-15(17(21)14-5-3-4-6-16(14)20)18(22)19-12-7-9-13(23-2)10-8-12/h3-11H,1-2H3,(H,19,22). The second kappa shape index (κ2) is 5.96. The van der Waals surface area contributed by atoms with E-state index in [9.17, 15) is 9.59 Å². The lowest BCUT2D eigenvalue weighted by Crippen LogP contribution is -2.23. The van der Waals surface area contributed by atoms with Crippen LogP contribution in [0.2, 0.25) is 0 Å². The van der Waals surface area contributed by atoms with Crippen molar-refractivity contribution in [3.8, 4) is 5.75 Å². The summed E-state index contributed by atoms with van der Waals surface area (Å²) in [5.74, 6) is 0.270. The molecule has 0 aliphatic rings. The molecule has 0 spiro atoms. The molecule has 1 N–H and O–H groups in total. The highest BCUT2D eigenvalue weighted by molar-refractivity contribution is 6.05. The average molecular weight is 308 g/mol. The van der Waals surface area contributed by atoms with Gasteiger partial charge in [0.15, 0.2) is 0 Å². The van der Waals surface area contributed by atoms with Crippen molar-refractivity contribution >= 4 is 22.5 Å². The lowest BCUT2D eigenvalue weighted by molar-refractivity contribution is 0.102. The molecule has 0 radical (unpaired) electrons. The van der Waals surface area contributed by atoms with Crippen LogP contribution < -0.4 is 15.5 Å². The van der Waals surface area contributed by atoms with E-state index >= 15 is 0 Å². The van der Waals surface area contributed by atoms with E-state index in [2.05, 4.69) is 5.32 Å². The van der Waals surface area contributed by atoms with Crippen LogP contribution in [0.15, 0.2) is 59.5 Å². The van der Waals surface area contributed by atoms with Crippen molar-refractivity contribution in [1.29, 1.82) is 0 Å². The first-order chi connectivity index (χ1) is 11.1. The number of aryl methyl sites for hydroxylation is 1. The third kappa shape index (κ3) is 2.81. The van der Waals surface area contributed by atoms with Gasteiger partial charge in [0.05, 0.1) is 12.6 Å². The Morgan fingerprint density at radius 1 is 1.09 bits per heavy atom. The number of hydrogen-bond acceptors (Lipinski definition) is 3. The van der Waals surface area contributed by atoms with Gasteiger partial charge in [-0.1, -0.05) is 12.1 Å². The fourth-order valence-corrected chi connectivity index (χ4v) is 2.47. The number of fused-ring (bicyclic) bond motifs is 1. The first-order valence-electron chi connectivity index (χ1n) is 7.14. The number of amides is 1. The van der Waals surface area contributed by atoms with Gasteiger partial charge in [0, 0.05) is 24.3 Å². The van der Waals surface area contributed by atoms with Crippen LogP contribution >= 0.6 is 0 Å². The summed E-state index contributed by atoms with van der Waals surface area (Å²) in [4.78, 5) is 24.9. The third-order valence-corrected chi connectivity index (χ3v) is 3.69. The fourth-order valence-electron chi connectivity index (χ4n) is 2.47. The quantitative estimate of drug-likeness (QED) is 0.809. The van der Waals surface area contributed by atoms with Gasteiger partial charge in [-0.3, -0.25) is 9.59 Å². The van der Waals surface area contributed by atoms with Gasteiger partial charge >= 0.3 is 0 Å². The summed E-state index contributed by atoms with van der Waals surface area (Å²) >= 11 is 0. The molecule has 1 amide bonds. The molecule has 0 fully saturated rings. The molecule has 0 aliphatic carbocycles. The van der Waals surface area contributed by atoms with Crippen molar-refractivity contribution < 1.29 is 9.53 Å². The normalized spacial score (nSPS) is 10.5. The molecule has 0 bridgehead atoms. The van der Waals surface area contributed by atoms with Crippen LogP contribution in [-0.2, 0) is 7.05 Å². The number of nitrogens with zero attached hydrogens (tertiary/aromatic N) is 1. The van der Waals surface area contributed by atoms with Gasteiger partial charge in [0.2, 0.25) is 5.43 Å². The molecule has 116 valence electrons. The van der Waals surface area contributed by atoms with Gasteiger partial charge in [-0.2, -0.15) is 0 Å². The molecular weight excluding hydrogens is 292 g/mol. The Labute approximate surface area is 133 Å². The van der Waals surface area contributed by atoms with Gasteiger partial charge in [0.25, 0.3) is 5.91 Å². The van der Waals surface area contributed by atoms with Gasteiger partial charge in [-0.15, -0.1) is 0 Å². The number of nitrogens with one attached hydrogen (secondary N) is 1. The molecule has 0 unspecified atom stereocenters. The highest BCUT2D eigenvalue weighted by Gasteiger charge is 2.14. The molecule has 23 heavy (non-hydrogen) atoms. The van der Waals surface area contributed by atoms with Crippen molar-refractivity contribution in [3.05, 3.63) is 70.5 Å². The van der Waals surface area contributed by atoms with Crippen LogP contribution in [0.3, 0.4) is 0 Å². The number of methoxy groups -OCH3 is 1. The summed E-state index contributed by atoms with van der Waals surface area (Å²) in [7, 11) is 3.39. The first kappa shape index (κ1) is 14.8. The van der Waals surface area contributed by atoms with Gasteiger partial charge in [-0.05, 0) is 36.4 Å². The van der Waals surface area contributed by atoms with E-state index in [1.54, 1.807) is 54.3 Å². The number of aromatic nitrogens is 1. The molecule has 0 saturated carbocycles. The molecule has 0 atom stereocenters. The molecule has 3 aromatic rings. The number of hydrogen-bond donors (Lipinski definition) is 1. The first-order valence-corrected chi connectivity index (χ1v) is 7.14. The smallest absolute Gasteiger partial charge is 0.261 e. The highest BCUT2D eigenvalue weighted by atomic mass is 16.5. The summed E-state index contributed by atoms with van der Waals surface area (Å²) in [5, 5.41) is 3.26. The molecule has 0 saturated heterocycles. The minimum Gasteiger partial charge on any atom is -0.497 e. The van der Waals surface area contributed by atoms with E-state index < -0.39 is 5.91 Å². The van der Waals surface area contributed by atoms with Crippen molar-refractivity contribution in [2.75, 3.05) is 12.4 Å². The zero-order valence-electron chi connectivity index (χ0n) is 12.9. The summed E-state index contributed by atoms with van der Waals surface area (Å²) in [6, 6.07) is 14.2. The van der Waals surface area contributed by atoms with Crippen LogP contribution in [0.1, 0.15) is 10.4 Å². The minimum absolute atomic E-state index is 0.113. The number of carbonyl (C=O) groups excluding carboxylic acids is 1. The number of para-hydroxylation sites is 1. The molecule has 5 nitrogen and oxygen atoms in total. The predicted octanol–water partition coefficient (Wildman–Crippen LogP) is 2.80. The maximum absolute atomic E-state index is 12.5. The topological polar surface area (TPSA) is 60.3 Å². The monoisotopic (exact) mass is 308 g/mol. The Bertz CT molecular complexity index is 927. The summed E-state index contributed by atoms with van der Waals surface area (Å²) in [6.45, 7) is 0. The maximum atomic E-state index is 12.5. The van der Waals surface area contributed by atoms with E-state index in [4.69, 9.17) is 4.74 Å². The Morgan fingerprint density at radius 3 is 2.48 bits per heavy atom. The summed E-state index contributed by atoms with van der Waals surface area (Å²) in [5.41, 5.74) is 1.23. The molecule has 5 heteroatoms. The Balaban J connectivity index is 1.97. The Hall–Kier alpha value is -3.08. The van der Waals surface area contributed by atoms with Crippen molar-refractivity contribution in [2.24, 2.45) is 7.05 Å². The lowest BCUT2D eigenvalue weighted by Gasteiger charge is -2.10. The Morgan fingerprint density at radius 2 is 1.78 bits per heavy atom. The van der Waals surface area contributed by atoms with E-state index in [0.29, 0.717) is 16.8 Å². The molecule has 1 aromatic heterocycles. The van der Waals surface area contributed by atoms with Crippen LogP contribution in [-0.4, -0.2) is 17.6 Å². The zero-order chi connectivity index (χ0) is 16.4. The summed E-state index contributed by atoms with van der Waals surface area (Å²) in [6.07, 6.45) is 1.56. The number of ether oxygens (including phenoxy) is 1. The van der Waals surface area contributed by atoms with Gasteiger partial charge in [-0.25, -0.2) is 0 Å². The van der Waals surface area contributed by atoms with Crippen molar-refractivity contribution in [3.63, 3.8) is 0 Å². The van der Waals surface area contributed by atoms with Gasteiger partial charge in [0.1, 0.15) is 11.3 Å².